The van der Waals surface area contributed by atoms with E-state index >= 15 is 0 Å². The van der Waals surface area contributed by atoms with E-state index in [4.69, 9.17) is 20.6 Å². The molecule has 0 aromatic rings. The third-order valence-corrected chi connectivity index (χ3v) is 7.68. The van der Waals surface area contributed by atoms with Gasteiger partial charge >= 0.3 is 6.09 Å². The lowest BCUT2D eigenvalue weighted by atomic mass is 9.52. The van der Waals surface area contributed by atoms with Crippen LogP contribution in [0.1, 0.15) is 79.6 Å². The maximum Gasteiger partial charge on any atom is 0.405 e. The van der Waals surface area contributed by atoms with E-state index in [2.05, 4.69) is 16.0 Å². The van der Waals surface area contributed by atoms with Crippen molar-refractivity contribution in [1.82, 2.24) is 16.0 Å². The van der Waals surface area contributed by atoms with Crippen LogP contribution in [0.2, 0.25) is 0 Å². The van der Waals surface area contributed by atoms with Gasteiger partial charge in [0.2, 0.25) is 11.8 Å². The third kappa shape index (κ3) is 7.51. The quantitative estimate of drug-likeness (QED) is 0.139. The monoisotopic (exact) mass is 531 g/mol. The van der Waals surface area contributed by atoms with Crippen LogP contribution in [0.4, 0.5) is 4.79 Å². The second kappa shape index (κ2) is 12.2. The van der Waals surface area contributed by atoms with E-state index in [-0.39, 0.29) is 47.1 Å². The summed E-state index contributed by atoms with van der Waals surface area (Å²) in [5.74, 6) is 0.839. The Kier molecular flexibility index (Phi) is 9.49. The van der Waals surface area contributed by atoms with Gasteiger partial charge in [-0.3, -0.25) is 9.59 Å². The van der Waals surface area contributed by atoms with Crippen LogP contribution >= 0.6 is 0 Å². The first-order chi connectivity index (χ1) is 17.9. The number of amides is 3. The van der Waals surface area contributed by atoms with Crippen LogP contribution in [0.15, 0.2) is 23.7 Å². The summed E-state index contributed by atoms with van der Waals surface area (Å²) in [4.78, 5) is 37.0. The molecule has 4 saturated carbocycles. The summed E-state index contributed by atoms with van der Waals surface area (Å²) >= 11 is 0. The summed E-state index contributed by atoms with van der Waals surface area (Å²) in [5.41, 5.74) is 4.34. The number of hydrogen-bond acceptors (Lipinski definition) is 7. The summed E-state index contributed by atoms with van der Waals surface area (Å²) < 4.78 is 11.5. The van der Waals surface area contributed by atoms with Crippen molar-refractivity contribution in [1.29, 1.82) is 5.41 Å². The summed E-state index contributed by atoms with van der Waals surface area (Å²) in [6.07, 6.45) is 9.08. The van der Waals surface area contributed by atoms with Crippen molar-refractivity contribution < 1.29 is 23.9 Å². The van der Waals surface area contributed by atoms with E-state index in [1.54, 1.807) is 12.3 Å². The van der Waals surface area contributed by atoms with Gasteiger partial charge in [0, 0.05) is 24.9 Å². The Bertz CT molecular complexity index is 957. The Morgan fingerprint density at radius 2 is 1.82 bits per heavy atom. The standard InChI is InChI=1S/C28H45N5O5/c1-6-7-22(34)33-27(4,5)8-9-31-25(37-16-17(2)3)21(15-29)24(35)32-23-19-10-18-11-20(23)14-28(12-18,13-19)38-26(30)36/h8-9,15,17-20,23,29,31H,6-7,10-14,16H2,1-5H3,(H2,30,36)(H,32,35)(H,33,34)/b9-8+,25-21-,29-15?. The van der Waals surface area contributed by atoms with Crippen LogP contribution in [-0.4, -0.2) is 47.9 Å². The molecule has 10 nitrogen and oxygen atoms in total. The SMILES string of the molecule is CCCC(=O)NC(C)(C)/C=C/N/C(OCC(C)C)=C(\C=N)C(=O)NC1C2CC3CC1CC(OC(N)=O)(C3)C2. The fourth-order valence-corrected chi connectivity index (χ4v) is 6.45. The normalized spacial score (nSPS) is 28.6. The van der Waals surface area contributed by atoms with Crippen molar-refractivity contribution in [2.24, 2.45) is 29.4 Å². The molecule has 4 fully saturated rings. The smallest absolute Gasteiger partial charge is 0.405 e. The summed E-state index contributed by atoms with van der Waals surface area (Å²) in [6.45, 7) is 10.1. The molecule has 4 rings (SSSR count). The molecule has 38 heavy (non-hydrogen) atoms. The van der Waals surface area contributed by atoms with Crippen LogP contribution in [-0.2, 0) is 19.1 Å². The Morgan fingerprint density at radius 3 is 2.37 bits per heavy atom. The molecular formula is C28H45N5O5. The molecule has 0 saturated heterocycles. The van der Waals surface area contributed by atoms with E-state index in [1.807, 2.05) is 34.6 Å². The summed E-state index contributed by atoms with van der Waals surface area (Å²) in [7, 11) is 0. The zero-order valence-corrected chi connectivity index (χ0v) is 23.4. The largest absolute Gasteiger partial charge is 0.478 e. The van der Waals surface area contributed by atoms with Gasteiger partial charge in [-0.1, -0.05) is 20.8 Å². The molecule has 0 radical (unpaired) electrons. The van der Waals surface area contributed by atoms with Crippen LogP contribution in [0.25, 0.3) is 0 Å². The lowest BCUT2D eigenvalue weighted by Gasteiger charge is -2.58. The molecular weight excluding hydrogens is 486 g/mol. The highest BCUT2D eigenvalue weighted by Gasteiger charge is 2.57. The fraction of sp³-hybridized carbons (Fsp3) is 0.714. The average molecular weight is 532 g/mol. The number of carbonyl (C=O) groups excluding carboxylic acids is 3. The number of nitrogens with two attached hydrogens (primary N) is 1. The Labute approximate surface area is 226 Å². The molecule has 4 bridgehead atoms. The lowest BCUT2D eigenvalue weighted by molar-refractivity contribution is -0.145. The van der Waals surface area contributed by atoms with E-state index < -0.39 is 17.2 Å². The molecule has 212 valence electrons. The van der Waals surface area contributed by atoms with E-state index in [0.717, 1.165) is 31.9 Å². The highest BCUT2D eigenvalue weighted by atomic mass is 16.6. The van der Waals surface area contributed by atoms with Gasteiger partial charge in [-0.05, 0) is 82.1 Å². The van der Waals surface area contributed by atoms with Gasteiger partial charge in [0.1, 0.15) is 11.2 Å². The summed E-state index contributed by atoms with van der Waals surface area (Å²) in [5, 5.41) is 17.2. The molecule has 4 aliphatic carbocycles. The number of carbonyl (C=O) groups is 3. The molecule has 6 N–H and O–H groups in total. The maximum absolute atomic E-state index is 13.5. The highest BCUT2D eigenvalue weighted by molar-refractivity contribution is 6.11. The first-order valence-corrected chi connectivity index (χ1v) is 13.8. The first kappa shape index (κ1) is 29.5. The zero-order valence-electron chi connectivity index (χ0n) is 23.4. The molecule has 2 atom stereocenters. The second-order valence-corrected chi connectivity index (χ2v) is 12.2. The summed E-state index contributed by atoms with van der Waals surface area (Å²) in [6, 6.07) is -0.0618. The molecule has 0 aromatic heterocycles. The maximum atomic E-state index is 13.5. The predicted molar refractivity (Wildman–Crippen MR) is 145 cm³/mol. The van der Waals surface area contributed by atoms with Crippen LogP contribution in [0.3, 0.4) is 0 Å². The Morgan fingerprint density at radius 1 is 1.16 bits per heavy atom. The van der Waals surface area contributed by atoms with E-state index in [1.165, 1.54) is 0 Å². The number of primary amides is 1. The molecule has 0 aromatic carbocycles. The number of hydrogen-bond donors (Lipinski definition) is 5. The minimum Gasteiger partial charge on any atom is -0.478 e. The van der Waals surface area contributed by atoms with E-state index in [0.29, 0.717) is 31.8 Å². The zero-order chi connectivity index (χ0) is 28.1. The van der Waals surface area contributed by atoms with Gasteiger partial charge < -0.3 is 36.6 Å². The van der Waals surface area contributed by atoms with Crippen LogP contribution in [0, 0.1) is 29.1 Å². The van der Waals surface area contributed by atoms with Crippen molar-refractivity contribution in [2.45, 2.75) is 96.7 Å². The molecule has 3 amide bonds. The minimum absolute atomic E-state index is 0.0350. The van der Waals surface area contributed by atoms with Gasteiger partial charge in [0.15, 0.2) is 0 Å². The topological polar surface area (TPSA) is 156 Å². The van der Waals surface area contributed by atoms with Crippen molar-refractivity contribution in [3.63, 3.8) is 0 Å². The third-order valence-electron chi connectivity index (χ3n) is 7.68. The van der Waals surface area contributed by atoms with Crippen LogP contribution < -0.4 is 21.7 Å². The van der Waals surface area contributed by atoms with Gasteiger partial charge in [-0.2, -0.15) is 0 Å². The van der Waals surface area contributed by atoms with Crippen molar-refractivity contribution >= 4 is 24.1 Å². The van der Waals surface area contributed by atoms with E-state index in [9.17, 15) is 14.4 Å². The van der Waals surface area contributed by atoms with Gasteiger partial charge in [-0.25, -0.2) is 4.79 Å². The predicted octanol–water partition coefficient (Wildman–Crippen LogP) is 3.48. The molecule has 0 spiro atoms. The highest BCUT2D eigenvalue weighted by Crippen LogP contribution is 2.57. The van der Waals surface area contributed by atoms with Gasteiger partial charge in [0.25, 0.3) is 5.91 Å². The Balaban J connectivity index is 1.74. The number of nitrogens with one attached hydrogen (secondary N) is 4. The molecule has 4 aliphatic rings. The average Bonchev–Trinajstić information content (AvgIpc) is 2.78. The first-order valence-electron chi connectivity index (χ1n) is 13.8. The second-order valence-electron chi connectivity index (χ2n) is 12.2. The molecule has 10 heteroatoms. The van der Waals surface area contributed by atoms with Crippen LogP contribution in [0.5, 0.6) is 0 Å². The minimum atomic E-state index is -0.735. The van der Waals surface area contributed by atoms with Gasteiger partial charge in [-0.15, -0.1) is 0 Å². The van der Waals surface area contributed by atoms with Gasteiger partial charge in [0.05, 0.1) is 12.1 Å². The Hall–Kier alpha value is -3.04. The number of ether oxygens (including phenoxy) is 2. The van der Waals surface area contributed by atoms with Crippen molar-refractivity contribution in [3.8, 4) is 0 Å². The van der Waals surface area contributed by atoms with Crippen molar-refractivity contribution in [2.75, 3.05) is 6.61 Å². The lowest BCUT2D eigenvalue weighted by Crippen LogP contribution is -2.63. The molecule has 0 heterocycles. The molecule has 0 aliphatic heterocycles. The number of rotatable bonds is 13. The fourth-order valence-electron chi connectivity index (χ4n) is 6.45. The molecule has 2 unspecified atom stereocenters. The van der Waals surface area contributed by atoms with Crippen molar-refractivity contribution in [3.05, 3.63) is 23.7 Å².